The molecule has 0 radical (unpaired) electrons. The van der Waals surface area contributed by atoms with E-state index >= 15 is 0 Å². The fraction of sp³-hybridized carbons (Fsp3) is 0.400. The topological polar surface area (TPSA) is 54.5 Å². The molecule has 138 valence electrons. The Hall–Kier alpha value is -2.05. The molecule has 2 heterocycles. The van der Waals surface area contributed by atoms with Gasteiger partial charge in [-0.3, -0.25) is 4.79 Å². The van der Waals surface area contributed by atoms with Gasteiger partial charge < -0.3 is 15.0 Å². The van der Waals surface area contributed by atoms with Gasteiger partial charge in [-0.25, -0.2) is 4.98 Å². The molecule has 0 spiro atoms. The van der Waals surface area contributed by atoms with Crippen molar-refractivity contribution in [3.05, 3.63) is 59.8 Å². The lowest BCUT2D eigenvalue weighted by molar-refractivity contribution is -0.120. The Bertz CT molecular complexity index is 705. The number of rotatable bonds is 7. The van der Waals surface area contributed by atoms with E-state index in [4.69, 9.17) is 4.74 Å². The fourth-order valence-corrected chi connectivity index (χ4v) is 3.69. The number of hydrogen-bond donors (Lipinski definition) is 1. The molecule has 26 heavy (non-hydrogen) atoms. The van der Waals surface area contributed by atoms with Gasteiger partial charge in [0.2, 0.25) is 5.91 Å². The molecular formula is C20H25N3O2S. The van der Waals surface area contributed by atoms with E-state index in [0.29, 0.717) is 6.54 Å². The molecule has 1 amide bonds. The minimum atomic E-state index is -0.0984. The van der Waals surface area contributed by atoms with Crippen LogP contribution in [0.2, 0.25) is 0 Å². The second-order valence-corrected chi connectivity index (χ2v) is 7.57. The van der Waals surface area contributed by atoms with Crippen LogP contribution in [0.4, 0.5) is 5.82 Å². The Balaban J connectivity index is 1.52. The van der Waals surface area contributed by atoms with Crippen LogP contribution in [0.5, 0.6) is 0 Å². The Kier molecular flexibility index (Phi) is 6.91. The summed E-state index contributed by atoms with van der Waals surface area (Å²) in [6, 6.07) is 14.2. The van der Waals surface area contributed by atoms with E-state index in [-0.39, 0.29) is 11.2 Å². The van der Waals surface area contributed by atoms with Crippen LogP contribution in [-0.4, -0.2) is 42.4 Å². The number of pyridine rings is 1. The quantitative estimate of drug-likeness (QED) is 0.811. The maximum atomic E-state index is 12.4. The van der Waals surface area contributed by atoms with Crippen molar-refractivity contribution < 1.29 is 9.53 Å². The average molecular weight is 372 g/mol. The van der Waals surface area contributed by atoms with Crippen molar-refractivity contribution in [2.45, 2.75) is 24.5 Å². The predicted octanol–water partition coefficient (Wildman–Crippen LogP) is 2.86. The number of benzene rings is 1. The second kappa shape index (κ2) is 9.59. The second-order valence-electron chi connectivity index (χ2n) is 6.24. The molecule has 1 atom stereocenters. The van der Waals surface area contributed by atoms with Crippen LogP contribution in [0.1, 0.15) is 18.1 Å². The van der Waals surface area contributed by atoms with Gasteiger partial charge in [0.25, 0.3) is 0 Å². The molecule has 1 aliphatic heterocycles. The average Bonchev–Trinajstić information content (AvgIpc) is 2.72. The molecule has 0 saturated carbocycles. The van der Waals surface area contributed by atoms with E-state index in [0.717, 1.165) is 43.4 Å². The highest BCUT2D eigenvalue weighted by Crippen LogP contribution is 2.20. The number of ether oxygens (including phenoxy) is 1. The largest absolute Gasteiger partial charge is 0.378 e. The molecule has 3 rings (SSSR count). The van der Waals surface area contributed by atoms with E-state index in [1.54, 1.807) is 18.0 Å². The number of anilines is 1. The van der Waals surface area contributed by atoms with Gasteiger partial charge >= 0.3 is 0 Å². The van der Waals surface area contributed by atoms with Crippen LogP contribution in [-0.2, 0) is 21.8 Å². The number of carbonyl (C=O) groups is 1. The van der Waals surface area contributed by atoms with Gasteiger partial charge in [-0.2, -0.15) is 0 Å². The van der Waals surface area contributed by atoms with Gasteiger partial charge in [-0.05, 0) is 18.6 Å². The third-order valence-electron chi connectivity index (χ3n) is 4.34. The Morgan fingerprint density at radius 1 is 1.23 bits per heavy atom. The van der Waals surface area contributed by atoms with Crippen LogP contribution in [0.3, 0.4) is 0 Å². The number of nitrogens with one attached hydrogen (secondary N) is 1. The Labute approximate surface area is 159 Å². The monoisotopic (exact) mass is 371 g/mol. The zero-order valence-corrected chi connectivity index (χ0v) is 15.9. The lowest BCUT2D eigenvalue weighted by Crippen LogP contribution is -2.38. The summed E-state index contributed by atoms with van der Waals surface area (Å²) >= 11 is 1.65. The third-order valence-corrected chi connectivity index (χ3v) is 5.56. The van der Waals surface area contributed by atoms with Gasteiger partial charge in [0, 0.05) is 37.1 Å². The molecule has 5 nitrogen and oxygen atoms in total. The van der Waals surface area contributed by atoms with Crippen molar-refractivity contribution in [1.82, 2.24) is 10.3 Å². The first-order valence-electron chi connectivity index (χ1n) is 8.94. The van der Waals surface area contributed by atoms with Crippen molar-refractivity contribution in [3.63, 3.8) is 0 Å². The number of carbonyl (C=O) groups excluding carboxylic acids is 1. The standard InChI is InChI=1S/C20H25N3O2S/c1-16(26-15-17-6-3-2-4-7-17)20(24)22-14-18-8-5-9-21-19(18)23-10-12-25-13-11-23/h2-9,16H,10-15H2,1H3,(H,22,24)/t16-/m1/s1. The molecule has 1 aliphatic rings. The van der Waals surface area contributed by atoms with Crippen molar-refractivity contribution >= 4 is 23.5 Å². The van der Waals surface area contributed by atoms with E-state index in [2.05, 4.69) is 27.3 Å². The summed E-state index contributed by atoms with van der Waals surface area (Å²) in [4.78, 5) is 19.2. The van der Waals surface area contributed by atoms with Gasteiger partial charge in [-0.15, -0.1) is 11.8 Å². The summed E-state index contributed by atoms with van der Waals surface area (Å²) in [5, 5.41) is 2.96. The molecule has 0 bridgehead atoms. The fourth-order valence-electron chi connectivity index (χ4n) is 2.83. The summed E-state index contributed by atoms with van der Waals surface area (Å²) in [7, 11) is 0. The molecule has 1 N–H and O–H groups in total. The number of thioether (sulfide) groups is 1. The maximum absolute atomic E-state index is 12.4. The highest BCUT2D eigenvalue weighted by Gasteiger charge is 2.18. The number of aromatic nitrogens is 1. The molecule has 6 heteroatoms. The zero-order chi connectivity index (χ0) is 18.2. The summed E-state index contributed by atoms with van der Waals surface area (Å²) in [6.45, 7) is 5.55. The minimum Gasteiger partial charge on any atom is -0.378 e. The van der Waals surface area contributed by atoms with Gasteiger partial charge in [0.15, 0.2) is 0 Å². The first-order chi connectivity index (χ1) is 12.7. The van der Waals surface area contributed by atoms with Crippen LogP contribution < -0.4 is 10.2 Å². The number of morpholine rings is 1. The summed E-state index contributed by atoms with van der Waals surface area (Å²) in [5.74, 6) is 1.84. The van der Waals surface area contributed by atoms with Gasteiger partial charge in [0.1, 0.15) is 5.82 Å². The molecular weight excluding hydrogens is 346 g/mol. The van der Waals surface area contributed by atoms with Crippen molar-refractivity contribution in [2.24, 2.45) is 0 Å². The van der Waals surface area contributed by atoms with Crippen molar-refractivity contribution in [2.75, 3.05) is 31.2 Å². The molecule has 1 fully saturated rings. The SMILES string of the molecule is C[C@@H](SCc1ccccc1)C(=O)NCc1cccnc1N1CCOCC1. The van der Waals surface area contributed by atoms with E-state index < -0.39 is 0 Å². The van der Waals surface area contributed by atoms with Crippen molar-refractivity contribution in [1.29, 1.82) is 0 Å². The summed E-state index contributed by atoms with van der Waals surface area (Å²) < 4.78 is 5.41. The first-order valence-corrected chi connectivity index (χ1v) is 9.99. The molecule has 0 unspecified atom stereocenters. The molecule has 2 aromatic rings. The lowest BCUT2D eigenvalue weighted by atomic mass is 10.2. The maximum Gasteiger partial charge on any atom is 0.233 e. The van der Waals surface area contributed by atoms with Crippen LogP contribution in [0.25, 0.3) is 0 Å². The lowest BCUT2D eigenvalue weighted by Gasteiger charge is -2.29. The third kappa shape index (κ3) is 5.22. The van der Waals surface area contributed by atoms with Crippen LogP contribution in [0, 0.1) is 0 Å². The summed E-state index contributed by atoms with van der Waals surface area (Å²) in [5.41, 5.74) is 2.28. The first kappa shape index (κ1) is 18.7. The van der Waals surface area contributed by atoms with Crippen LogP contribution >= 0.6 is 11.8 Å². The smallest absolute Gasteiger partial charge is 0.233 e. The van der Waals surface area contributed by atoms with E-state index in [9.17, 15) is 4.79 Å². The predicted molar refractivity (Wildman–Crippen MR) is 106 cm³/mol. The van der Waals surface area contributed by atoms with Gasteiger partial charge in [0.05, 0.1) is 18.5 Å². The number of amides is 1. The van der Waals surface area contributed by atoms with E-state index in [1.165, 1.54) is 5.56 Å². The van der Waals surface area contributed by atoms with Crippen molar-refractivity contribution in [3.8, 4) is 0 Å². The van der Waals surface area contributed by atoms with Gasteiger partial charge in [-0.1, -0.05) is 36.4 Å². The molecule has 1 saturated heterocycles. The molecule has 1 aromatic heterocycles. The number of nitrogens with zero attached hydrogens (tertiary/aromatic N) is 2. The highest BCUT2D eigenvalue weighted by molar-refractivity contribution is 7.99. The Morgan fingerprint density at radius 2 is 2.00 bits per heavy atom. The van der Waals surface area contributed by atoms with E-state index in [1.807, 2.05) is 37.3 Å². The Morgan fingerprint density at radius 3 is 2.77 bits per heavy atom. The molecule has 0 aliphatic carbocycles. The minimum absolute atomic E-state index is 0.0581. The zero-order valence-electron chi connectivity index (χ0n) is 15.1. The highest BCUT2D eigenvalue weighted by atomic mass is 32.2. The normalized spacial score (nSPS) is 15.5. The number of hydrogen-bond acceptors (Lipinski definition) is 5. The summed E-state index contributed by atoms with van der Waals surface area (Å²) in [6.07, 6.45) is 1.80. The molecule has 1 aromatic carbocycles. The van der Waals surface area contributed by atoms with Crippen LogP contribution in [0.15, 0.2) is 48.7 Å².